The van der Waals surface area contributed by atoms with E-state index < -0.39 is 23.3 Å². The zero-order valence-corrected chi connectivity index (χ0v) is 10.4. The minimum absolute atomic E-state index is 0.0704. The van der Waals surface area contributed by atoms with Gasteiger partial charge >= 0.3 is 6.18 Å². The van der Waals surface area contributed by atoms with Gasteiger partial charge < -0.3 is 15.8 Å². The molecule has 0 spiro atoms. The first-order valence-corrected chi connectivity index (χ1v) is 5.60. The van der Waals surface area contributed by atoms with Gasteiger partial charge in [0.1, 0.15) is 0 Å². The van der Waals surface area contributed by atoms with Gasteiger partial charge in [-0.25, -0.2) is 0 Å². The van der Waals surface area contributed by atoms with Crippen LogP contribution < -0.4 is 11.1 Å². The predicted octanol–water partition coefficient (Wildman–Crippen LogP) is 2.05. The third-order valence-electron chi connectivity index (χ3n) is 2.43. The van der Waals surface area contributed by atoms with Gasteiger partial charge in [0.15, 0.2) is 0 Å². The van der Waals surface area contributed by atoms with Crippen molar-refractivity contribution in [2.75, 3.05) is 26.0 Å². The van der Waals surface area contributed by atoms with Gasteiger partial charge in [-0.05, 0) is 24.6 Å². The topological polar surface area (TPSA) is 64.3 Å². The van der Waals surface area contributed by atoms with Crippen molar-refractivity contribution >= 4 is 11.6 Å². The highest BCUT2D eigenvalue weighted by Crippen LogP contribution is 2.33. The van der Waals surface area contributed by atoms with Crippen LogP contribution in [0, 0.1) is 0 Å². The number of nitrogens with one attached hydrogen (secondary N) is 1. The van der Waals surface area contributed by atoms with E-state index >= 15 is 0 Å². The summed E-state index contributed by atoms with van der Waals surface area (Å²) in [4.78, 5) is 11.6. The van der Waals surface area contributed by atoms with E-state index in [0.717, 1.165) is 12.1 Å². The number of hydrogen-bond acceptors (Lipinski definition) is 3. The zero-order valence-electron chi connectivity index (χ0n) is 10.4. The molecule has 0 fully saturated rings. The molecule has 1 rings (SSSR count). The molecule has 4 nitrogen and oxygen atoms in total. The zero-order chi connectivity index (χ0) is 14.5. The number of anilines is 1. The number of rotatable bonds is 5. The molecule has 0 aliphatic rings. The lowest BCUT2D eigenvalue weighted by atomic mass is 10.1. The van der Waals surface area contributed by atoms with E-state index in [1.807, 2.05) is 0 Å². The fourth-order valence-electron chi connectivity index (χ4n) is 1.46. The molecule has 0 unspecified atom stereocenters. The Morgan fingerprint density at radius 3 is 2.68 bits per heavy atom. The molecule has 19 heavy (non-hydrogen) atoms. The maximum atomic E-state index is 12.6. The number of halogens is 3. The SMILES string of the molecule is COCCCNC(=O)c1ccc(N)c(C(F)(F)F)c1. The fraction of sp³-hybridized carbons (Fsp3) is 0.417. The second-order valence-electron chi connectivity index (χ2n) is 3.90. The summed E-state index contributed by atoms with van der Waals surface area (Å²) < 4.78 is 42.6. The highest BCUT2D eigenvalue weighted by atomic mass is 19.4. The predicted molar refractivity (Wildman–Crippen MR) is 64.7 cm³/mol. The van der Waals surface area contributed by atoms with Crippen LogP contribution in [0.15, 0.2) is 18.2 Å². The molecule has 1 amide bonds. The molecule has 0 saturated heterocycles. The molecule has 0 heterocycles. The van der Waals surface area contributed by atoms with Gasteiger partial charge in [0.2, 0.25) is 0 Å². The summed E-state index contributed by atoms with van der Waals surface area (Å²) in [5.41, 5.74) is 3.77. The summed E-state index contributed by atoms with van der Waals surface area (Å²) in [5, 5.41) is 2.50. The van der Waals surface area contributed by atoms with Crippen molar-refractivity contribution in [3.63, 3.8) is 0 Å². The Morgan fingerprint density at radius 2 is 2.11 bits per heavy atom. The lowest BCUT2D eigenvalue weighted by Gasteiger charge is -2.11. The molecule has 1 aromatic carbocycles. The number of carbonyl (C=O) groups is 1. The third-order valence-corrected chi connectivity index (χ3v) is 2.43. The van der Waals surface area contributed by atoms with E-state index in [1.165, 1.54) is 13.2 Å². The number of carbonyl (C=O) groups excluding carboxylic acids is 1. The van der Waals surface area contributed by atoms with Crippen LogP contribution >= 0.6 is 0 Å². The first-order valence-electron chi connectivity index (χ1n) is 5.60. The molecule has 0 radical (unpaired) electrons. The normalized spacial score (nSPS) is 11.4. The third kappa shape index (κ3) is 4.44. The van der Waals surface area contributed by atoms with Crippen LogP contribution in [0.1, 0.15) is 22.3 Å². The van der Waals surface area contributed by atoms with Crippen molar-refractivity contribution in [3.8, 4) is 0 Å². The summed E-state index contributed by atoms with van der Waals surface area (Å²) in [6, 6.07) is 3.09. The van der Waals surface area contributed by atoms with Crippen molar-refractivity contribution in [2.24, 2.45) is 0 Å². The average Bonchev–Trinajstić information content (AvgIpc) is 2.33. The first kappa shape index (κ1) is 15.3. The number of benzene rings is 1. The van der Waals surface area contributed by atoms with E-state index in [0.29, 0.717) is 19.6 Å². The van der Waals surface area contributed by atoms with E-state index in [9.17, 15) is 18.0 Å². The molecular weight excluding hydrogens is 261 g/mol. The molecule has 1 aromatic rings. The Bertz CT molecular complexity index is 447. The van der Waals surface area contributed by atoms with Crippen molar-refractivity contribution in [1.82, 2.24) is 5.32 Å². The molecule has 0 atom stereocenters. The maximum Gasteiger partial charge on any atom is 0.418 e. The van der Waals surface area contributed by atoms with Gasteiger partial charge in [0, 0.05) is 31.5 Å². The molecule has 0 bridgehead atoms. The number of alkyl halides is 3. The van der Waals surface area contributed by atoms with Crippen LogP contribution in [0.5, 0.6) is 0 Å². The molecule has 106 valence electrons. The van der Waals surface area contributed by atoms with Crippen LogP contribution in [-0.2, 0) is 10.9 Å². The first-order chi connectivity index (χ1) is 8.86. The van der Waals surface area contributed by atoms with Crippen molar-refractivity contribution in [1.29, 1.82) is 0 Å². The Labute approximate surface area is 108 Å². The number of amides is 1. The quantitative estimate of drug-likeness (QED) is 0.639. The number of nitrogen functional groups attached to an aromatic ring is 1. The Kier molecular flexibility index (Phi) is 5.17. The lowest BCUT2D eigenvalue weighted by Crippen LogP contribution is -2.25. The molecule has 3 N–H and O–H groups in total. The van der Waals surface area contributed by atoms with Gasteiger partial charge in [0.25, 0.3) is 5.91 Å². The summed E-state index contributed by atoms with van der Waals surface area (Å²) in [7, 11) is 1.53. The number of nitrogens with two attached hydrogens (primary N) is 1. The molecule has 0 saturated carbocycles. The van der Waals surface area contributed by atoms with E-state index in [4.69, 9.17) is 10.5 Å². The van der Waals surface area contributed by atoms with Gasteiger partial charge in [-0.15, -0.1) is 0 Å². The summed E-state index contributed by atoms with van der Waals surface area (Å²) >= 11 is 0. The van der Waals surface area contributed by atoms with Crippen molar-refractivity contribution in [2.45, 2.75) is 12.6 Å². The maximum absolute atomic E-state index is 12.6. The lowest BCUT2D eigenvalue weighted by molar-refractivity contribution is -0.136. The molecule has 0 aliphatic carbocycles. The largest absolute Gasteiger partial charge is 0.418 e. The number of hydrogen-bond donors (Lipinski definition) is 2. The van der Waals surface area contributed by atoms with Crippen LogP contribution in [-0.4, -0.2) is 26.2 Å². The summed E-state index contributed by atoms with van der Waals surface area (Å²) in [5.74, 6) is -0.568. The molecule has 0 aromatic heterocycles. The fourth-order valence-corrected chi connectivity index (χ4v) is 1.46. The van der Waals surface area contributed by atoms with Crippen LogP contribution in [0.3, 0.4) is 0 Å². The smallest absolute Gasteiger partial charge is 0.398 e. The second-order valence-corrected chi connectivity index (χ2v) is 3.90. The standard InChI is InChI=1S/C12H15F3N2O2/c1-19-6-2-5-17-11(18)8-3-4-10(16)9(7-8)12(13,14)15/h3-4,7H,2,5-6,16H2,1H3,(H,17,18). The highest BCUT2D eigenvalue weighted by Gasteiger charge is 2.33. The molecule has 7 heteroatoms. The average molecular weight is 276 g/mol. The summed E-state index contributed by atoms with van der Waals surface area (Å²) in [6.45, 7) is 0.800. The Hall–Kier alpha value is -1.76. The number of ether oxygens (including phenoxy) is 1. The van der Waals surface area contributed by atoms with Crippen LogP contribution in [0.2, 0.25) is 0 Å². The van der Waals surface area contributed by atoms with E-state index in [1.54, 1.807) is 0 Å². The van der Waals surface area contributed by atoms with Gasteiger partial charge in [-0.1, -0.05) is 0 Å². The van der Waals surface area contributed by atoms with Gasteiger partial charge in [0.05, 0.1) is 5.56 Å². The Morgan fingerprint density at radius 1 is 1.42 bits per heavy atom. The van der Waals surface area contributed by atoms with Gasteiger partial charge in [-0.2, -0.15) is 13.2 Å². The van der Waals surface area contributed by atoms with E-state index in [-0.39, 0.29) is 5.56 Å². The second kappa shape index (κ2) is 6.42. The van der Waals surface area contributed by atoms with Crippen molar-refractivity contribution in [3.05, 3.63) is 29.3 Å². The van der Waals surface area contributed by atoms with Crippen molar-refractivity contribution < 1.29 is 22.7 Å². The number of methoxy groups -OCH3 is 1. The minimum atomic E-state index is -4.57. The minimum Gasteiger partial charge on any atom is -0.398 e. The monoisotopic (exact) mass is 276 g/mol. The Balaban J connectivity index is 2.76. The summed E-state index contributed by atoms with van der Waals surface area (Å²) in [6.07, 6.45) is -3.99. The van der Waals surface area contributed by atoms with E-state index in [2.05, 4.69) is 5.32 Å². The van der Waals surface area contributed by atoms with Gasteiger partial charge in [-0.3, -0.25) is 4.79 Å². The van der Waals surface area contributed by atoms with Crippen LogP contribution in [0.4, 0.5) is 18.9 Å². The molecule has 0 aliphatic heterocycles. The highest BCUT2D eigenvalue weighted by molar-refractivity contribution is 5.94. The molecular formula is C12H15F3N2O2. The van der Waals surface area contributed by atoms with Crippen LogP contribution in [0.25, 0.3) is 0 Å².